The van der Waals surface area contributed by atoms with Gasteiger partial charge in [0.05, 0.1) is 5.56 Å². The lowest BCUT2D eigenvalue weighted by molar-refractivity contribution is 0.0696. The molecule has 0 atom stereocenters. The zero-order chi connectivity index (χ0) is 13.1. The van der Waals surface area contributed by atoms with Crippen LogP contribution in [-0.4, -0.2) is 23.1 Å². The Kier molecular flexibility index (Phi) is 3.50. The molecule has 2 rings (SSSR count). The molecule has 18 heavy (non-hydrogen) atoms. The van der Waals surface area contributed by atoms with Crippen molar-refractivity contribution in [3.05, 3.63) is 29.3 Å². The zero-order valence-corrected chi connectivity index (χ0v) is 10.2. The molecule has 0 unspecified atom stereocenters. The molecule has 5 nitrogen and oxygen atoms in total. The molecule has 1 fully saturated rings. The number of aryl methyl sites for hydroxylation is 1. The molecule has 1 aliphatic carbocycles. The number of carbonyl (C=O) groups excluding carboxylic acids is 1. The van der Waals surface area contributed by atoms with Gasteiger partial charge in [0.25, 0.3) is 0 Å². The van der Waals surface area contributed by atoms with E-state index in [0.717, 1.165) is 19.3 Å². The summed E-state index contributed by atoms with van der Waals surface area (Å²) in [4.78, 5) is 22.5. The third-order valence-corrected chi connectivity index (χ3v) is 3.16. The number of hydrogen-bond acceptors (Lipinski definition) is 2. The molecule has 3 N–H and O–H groups in total. The summed E-state index contributed by atoms with van der Waals surface area (Å²) in [5.41, 5.74) is 1.48. The van der Waals surface area contributed by atoms with Crippen LogP contribution in [0.5, 0.6) is 0 Å². The number of rotatable bonds is 3. The maximum atomic E-state index is 11.6. The number of benzene rings is 1. The summed E-state index contributed by atoms with van der Waals surface area (Å²) in [6, 6.07) is 4.80. The van der Waals surface area contributed by atoms with Gasteiger partial charge in [0, 0.05) is 11.7 Å². The fourth-order valence-electron chi connectivity index (χ4n) is 1.89. The van der Waals surface area contributed by atoms with Gasteiger partial charge in [0.1, 0.15) is 0 Å². The number of anilines is 1. The van der Waals surface area contributed by atoms with Crippen LogP contribution in [0.25, 0.3) is 0 Å². The Bertz CT molecular complexity index is 481. The van der Waals surface area contributed by atoms with Gasteiger partial charge in [-0.1, -0.05) is 0 Å². The Morgan fingerprint density at radius 1 is 1.33 bits per heavy atom. The van der Waals surface area contributed by atoms with Crippen LogP contribution < -0.4 is 10.6 Å². The second-order valence-electron chi connectivity index (χ2n) is 4.56. The lowest BCUT2D eigenvalue weighted by Gasteiger charge is -2.26. The van der Waals surface area contributed by atoms with Gasteiger partial charge in [-0.15, -0.1) is 0 Å². The number of amides is 2. The highest BCUT2D eigenvalue weighted by atomic mass is 16.4. The van der Waals surface area contributed by atoms with Gasteiger partial charge in [-0.2, -0.15) is 0 Å². The normalized spacial score (nSPS) is 14.7. The standard InChI is InChI=1S/C13H16N2O3/c1-8-7-10(5-6-11(8)12(16)17)15-13(18)14-9-3-2-4-9/h5-7,9H,2-4H2,1H3,(H,16,17)(H2,14,15,18). The summed E-state index contributed by atoms with van der Waals surface area (Å²) in [5, 5.41) is 14.5. The Balaban J connectivity index is 1.98. The number of carboxylic acids is 1. The van der Waals surface area contributed by atoms with Crippen molar-refractivity contribution in [3.63, 3.8) is 0 Å². The number of carboxylic acid groups (broad SMARTS) is 1. The monoisotopic (exact) mass is 248 g/mol. The average Bonchev–Trinajstić information content (AvgIpc) is 2.23. The smallest absolute Gasteiger partial charge is 0.335 e. The molecule has 0 aliphatic heterocycles. The average molecular weight is 248 g/mol. The first-order chi connectivity index (χ1) is 8.56. The first-order valence-electron chi connectivity index (χ1n) is 5.98. The van der Waals surface area contributed by atoms with Crippen molar-refractivity contribution in [2.75, 3.05) is 5.32 Å². The molecule has 1 aromatic carbocycles. The molecule has 0 saturated heterocycles. The predicted octanol–water partition coefficient (Wildman–Crippen LogP) is 2.37. The third-order valence-electron chi connectivity index (χ3n) is 3.16. The first-order valence-corrected chi connectivity index (χ1v) is 5.98. The minimum atomic E-state index is -0.960. The molecular formula is C13H16N2O3. The number of hydrogen-bond donors (Lipinski definition) is 3. The van der Waals surface area contributed by atoms with Crippen molar-refractivity contribution in [1.29, 1.82) is 0 Å². The van der Waals surface area contributed by atoms with Crippen LogP contribution in [0, 0.1) is 6.92 Å². The fourth-order valence-corrected chi connectivity index (χ4v) is 1.89. The summed E-state index contributed by atoms with van der Waals surface area (Å²) < 4.78 is 0. The van der Waals surface area contributed by atoms with Crippen LogP contribution in [0.3, 0.4) is 0 Å². The summed E-state index contributed by atoms with van der Waals surface area (Å²) in [5.74, 6) is -0.960. The lowest BCUT2D eigenvalue weighted by atomic mass is 9.93. The molecule has 0 radical (unpaired) electrons. The van der Waals surface area contributed by atoms with Crippen molar-refractivity contribution in [2.24, 2.45) is 0 Å². The van der Waals surface area contributed by atoms with E-state index < -0.39 is 5.97 Å². The van der Waals surface area contributed by atoms with Crippen molar-refractivity contribution >= 4 is 17.7 Å². The summed E-state index contributed by atoms with van der Waals surface area (Å²) in [7, 11) is 0. The predicted molar refractivity (Wildman–Crippen MR) is 67.9 cm³/mol. The topological polar surface area (TPSA) is 78.4 Å². The molecule has 0 bridgehead atoms. The minimum Gasteiger partial charge on any atom is -0.478 e. The zero-order valence-electron chi connectivity index (χ0n) is 10.2. The summed E-state index contributed by atoms with van der Waals surface area (Å²) >= 11 is 0. The Morgan fingerprint density at radius 2 is 2.06 bits per heavy atom. The van der Waals surface area contributed by atoms with Crippen molar-refractivity contribution in [3.8, 4) is 0 Å². The van der Waals surface area contributed by atoms with E-state index in [1.54, 1.807) is 19.1 Å². The van der Waals surface area contributed by atoms with Gasteiger partial charge >= 0.3 is 12.0 Å². The van der Waals surface area contributed by atoms with E-state index in [4.69, 9.17) is 5.11 Å². The molecule has 0 aromatic heterocycles. The molecule has 2 amide bonds. The van der Waals surface area contributed by atoms with Gasteiger partial charge < -0.3 is 15.7 Å². The van der Waals surface area contributed by atoms with E-state index >= 15 is 0 Å². The maximum Gasteiger partial charge on any atom is 0.335 e. The van der Waals surface area contributed by atoms with Crippen LogP contribution in [0.15, 0.2) is 18.2 Å². The Labute approximate surface area is 105 Å². The maximum absolute atomic E-state index is 11.6. The van der Waals surface area contributed by atoms with Crippen molar-refractivity contribution < 1.29 is 14.7 Å². The number of aromatic carboxylic acids is 1. The molecule has 5 heteroatoms. The van der Waals surface area contributed by atoms with E-state index in [1.807, 2.05) is 0 Å². The molecule has 1 saturated carbocycles. The summed E-state index contributed by atoms with van der Waals surface area (Å²) in [6.07, 6.45) is 3.23. The molecule has 0 spiro atoms. The number of urea groups is 1. The SMILES string of the molecule is Cc1cc(NC(=O)NC2CCC2)ccc1C(=O)O. The van der Waals surface area contributed by atoms with Gasteiger partial charge in [0.15, 0.2) is 0 Å². The second kappa shape index (κ2) is 5.08. The van der Waals surface area contributed by atoms with E-state index in [9.17, 15) is 9.59 Å². The van der Waals surface area contributed by atoms with E-state index in [-0.39, 0.29) is 17.6 Å². The highest BCUT2D eigenvalue weighted by Crippen LogP contribution is 2.19. The largest absolute Gasteiger partial charge is 0.478 e. The van der Waals surface area contributed by atoms with Crippen LogP contribution >= 0.6 is 0 Å². The van der Waals surface area contributed by atoms with Gasteiger partial charge in [-0.05, 0) is 49.9 Å². The van der Waals surface area contributed by atoms with Gasteiger partial charge in [0.2, 0.25) is 0 Å². The first kappa shape index (κ1) is 12.4. The fraction of sp³-hybridized carbons (Fsp3) is 0.385. The van der Waals surface area contributed by atoms with Crippen molar-refractivity contribution in [2.45, 2.75) is 32.2 Å². The quantitative estimate of drug-likeness (QED) is 0.768. The van der Waals surface area contributed by atoms with Crippen LogP contribution in [0.4, 0.5) is 10.5 Å². The minimum absolute atomic E-state index is 0.234. The van der Waals surface area contributed by atoms with Gasteiger partial charge in [-0.3, -0.25) is 0 Å². The highest BCUT2D eigenvalue weighted by molar-refractivity contribution is 5.92. The third kappa shape index (κ3) is 2.80. The van der Waals surface area contributed by atoms with E-state index in [2.05, 4.69) is 10.6 Å². The van der Waals surface area contributed by atoms with Crippen LogP contribution in [0.2, 0.25) is 0 Å². The van der Waals surface area contributed by atoms with Gasteiger partial charge in [-0.25, -0.2) is 9.59 Å². The second-order valence-corrected chi connectivity index (χ2v) is 4.56. The molecule has 1 aromatic rings. The number of nitrogens with one attached hydrogen (secondary N) is 2. The number of carbonyl (C=O) groups is 2. The Hall–Kier alpha value is -2.04. The summed E-state index contributed by atoms with van der Waals surface area (Å²) in [6.45, 7) is 1.71. The molecule has 0 heterocycles. The van der Waals surface area contributed by atoms with Crippen molar-refractivity contribution in [1.82, 2.24) is 5.32 Å². The lowest BCUT2D eigenvalue weighted by Crippen LogP contribution is -2.41. The Morgan fingerprint density at radius 3 is 2.56 bits per heavy atom. The van der Waals surface area contributed by atoms with Crippen LogP contribution in [-0.2, 0) is 0 Å². The van der Waals surface area contributed by atoms with Crippen LogP contribution in [0.1, 0.15) is 35.2 Å². The van der Waals surface area contributed by atoms with E-state index in [1.165, 1.54) is 6.07 Å². The molecular weight excluding hydrogens is 232 g/mol. The van der Waals surface area contributed by atoms with E-state index in [0.29, 0.717) is 11.3 Å². The molecule has 1 aliphatic rings. The molecule has 96 valence electrons. The highest BCUT2D eigenvalue weighted by Gasteiger charge is 2.19.